The minimum absolute atomic E-state index is 0.0299. The summed E-state index contributed by atoms with van der Waals surface area (Å²) >= 11 is 0. The van der Waals surface area contributed by atoms with E-state index in [0.717, 1.165) is 24.7 Å². The van der Waals surface area contributed by atoms with Crippen molar-refractivity contribution in [2.24, 2.45) is 5.92 Å². The Morgan fingerprint density at radius 1 is 1.14 bits per heavy atom. The lowest BCUT2D eigenvalue weighted by molar-refractivity contribution is -0.919. The van der Waals surface area contributed by atoms with Crippen molar-refractivity contribution < 1.29 is 9.69 Å². The molecule has 1 aromatic rings. The number of piperidine rings is 1. The molecule has 21 heavy (non-hydrogen) atoms. The number of anilines is 1. The smallest absolute Gasteiger partial charge is 0.282 e. The highest BCUT2D eigenvalue weighted by Gasteiger charge is 2.28. The van der Waals surface area contributed by atoms with Crippen LogP contribution in [-0.2, 0) is 4.79 Å². The Morgan fingerprint density at radius 3 is 2.24 bits per heavy atom. The highest BCUT2D eigenvalue weighted by Crippen LogP contribution is 2.17. The average molecular weight is 289 g/mol. The number of quaternary nitrogens is 1. The van der Waals surface area contributed by atoms with Crippen LogP contribution in [0.4, 0.5) is 5.69 Å². The molecule has 1 amide bonds. The molecule has 1 aliphatic rings. The Hall–Kier alpha value is -1.35. The number of hydrogen-bond acceptors (Lipinski definition) is 1. The second-order valence-corrected chi connectivity index (χ2v) is 6.83. The molecular weight excluding hydrogens is 260 g/mol. The summed E-state index contributed by atoms with van der Waals surface area (Å²) in [6.07, 6.45) is 2.46. The summed E-state index contributed by atoms with van der Waals surface area (Å²) in [7, 11) is 0. The van der Waals surface area contributed by atoms with Crippen LogP contribution < -0.4 is 10.2 Å². The standard InChI is InChI=1S/C18H28N2O/c1-13(2)16-5-7-17(8-6-16)19-18(21)15(4)20-11-9-14(3)10-12-20/h5-8,13-15H,9-12H2,1-4H3,(H,19,21)/p+1/t15-/m1/s1. The molecule has 1 atom stereocenters. The van der Waals surface area contributed by atoms with Crippen LogP contribution in [0.1, 0.15) is 52.0 Å². The van der Waals surface area contributed by atoms with Gasteiger partial charge in [0.1, 0.15) is 0 Å². The third kappa shape index (κ3) is 4.31. The quantitative estimate of drug-likeness (QED) is 0.877. The highest BCUT2D eigenvalue weighted by molar-refractivity contribution is 5.93. The van der Waals surface area contributed by atoms with E-state index in [1.807, 2.05) is 19.1 Å². The molecule has 3 heteroatoms. The molecule has 2 rings (SSSR count). The van der Waals surface area contributed by atoms with Gasteiger partial charge in [0.15, 0.2) is 6.04 Å². The van der Waals surface area contributed by atoms with Crippen LogP contribution >= 0.6 is 0 Å². The van der Waals surface area contributed by atoms with Gasteiger partial charge in [-0.1, -0.05) is 32.9 Å². The first-order valence-corrected chi connectivity index (χ1v) is 8.22. The zero-order chi connectivity index (χ0) is 15.4. The maximum atomic E-state index is 12.4. The van der Waals surface area contributed by atoms with Crippen molar-refractivity contribution in [3.05, 3.63) is 29.8 Å². The van der Waals surface area contributed by atoms with Gasteiger partial charge in [-0.15, -0.1) is 0 Å². The van der Waals surface area contributed by atoms with E-state index in [9.17, 15) is 4.79 Å². The second kappa shape index (κ2) is 7.08. The van der Waals surface area contributed by atoms with E-state index in [1.54, 1.807) is 0 Å². The summed E-state index contributed by atoms with van der Waals surface area (Å²) in [5, 5.41) is 3.06. The van der Waals surface area contributed by atoms with Crippen LogP contribution in [0.25, 0.3) is 0 Å². The van der Waals surface area contributed by atoms with E-state index in [2.05, 4.69) is 38.2 Å². The number of amides is 1. The number of carbonyl (C=O) groups excluding carboxylic acids is 1. The van der Waals surface area contributed by atoms with E-state index >= 15 is 0 Å². The SMILES string of the molecule is CC1CC[NH+]([C@H](C)C(=O)Nc2ccc(C(C)C)cc2)CC1. The third-order valence-electron chi connectivity index (χ3n) is 4.77. The Kier molecular flexibility index (Phi) is 5.40. The summed E-state index contributed by atoms with van der Waals surface area (Å²) in [5.74, 6) is 1.47. The maximum absolute atomic E-state index is 12.4. The maximum Gasteiger partial charge on any atom is 0.282 e. The number of carbonyl (C=O) groups is 1. The van der Waals surface area contributed by atoms with Gasteiger partial charge >= 0.3 is 0 Å². The first kappa shape index (κ1) is 16.0. The molecule has 1 saturated heterocycles. The minimum atomic E-state index is 0.0299. The number of nitrogens with one attached hydrogen (secondary N) is 2. The Labute approximate surface area is 128 Å². The number of rotatable bonds is 4. The average Bonchev–Trinajstić information content (AvgIpc) is 2.47. The fourth-order valence-corrected chi connectivity index (χ4v) is 2.95. The van der Waals surface area contributed by atoms with Gasteiger partial charge in [0.25, 0.3) is 5.91 Å². The summed E-state index contributed by atoms with van der Waals surface area (Å²) in [6, 6.07) is 8.24. The Balaban J connectivity index is 1.91. The molecule has 0 aromatic heterocycles. The lowest BCUT2D eigenvalue weighted by Gasteiger charge is -2.31. The van der Waals surface area contributed by atoms with E-state index in [0.29, 0.717) is 5.92 Å². The fraction of sp³-hybridized carbons (Fsp3) is 0.611. The van der Waals surface area contributed by atoms with Gasteiger partial charge in [0.05, 0.1) is 13.1 Å². The normalized spacial score (nSPS) is 23.9. The van der Waals surface area contributed by atoms with Gasteiger partial charge in [-0.3, -0.25) is 4.79 Å². The van der Waals surface area contributed by atoms with Crippen LogP contribution in [0.5, 0.6) is 0 Å². The largest absolute Gasteiger partial charge is 0.325 e. The molecule has 0 spiro atoms. The van der Waals surface area contributed by atoms with Crippen LogP contribution in [0.15, 0.2) is 24.3 Å². The molecule has 1 fully saturated rings. The topological polar surface area (TPSA) is 33.5 Å². The molecule has 1 aromatic carbocycles. The zero-order valence-corrected chi connectivity index (χ0v) is 13.8. The summed E-state index contributed by atoms with van der Waals surface area (Å²) < 4.78 is 0. The van der Waals surface area contributed by atoms with Gasteiger partial charge < -0.3 is 10.2 Å². The Morgan fingerprint density at radius 2 is 1.71 bits per heavy atom. The van der Waals surface area contributed by atoms with Crippen LogP contribution in [0.3, 0.4) is 0 Å². The zero-order valence-electron chi connectivity index (χ0n) is 13.8. The molecule has 1 aliphatic heterocycles. The van der Waals surface area contributed by atoms with E-state index in [1.165, 1.54) is 23.3 Å². The molecule has 3 nitrogen and oxygen atoms in total. The first-order valence-electron chi connectivity index (χ1n) is 8.22. The number of benzene rings is 1. The molecule has 2 N–H and O–H groups in total. The van der Waals surface area contributed by atoms with Crippen molar-refractivity contribution in [2.45, 2.75) is 52.5 Å². The van der Waals surface area contributed by atoms with Gasteiger partial charge in [0.2, 0.25) is 0 Å². The minimum Gasteiger partial charge on any atom is -0.325 e. The summed E-state index contributed by atoms with van der Waals surface area (Å²) in [6.45, 7) is 10.9. The molecule has 0 radical (unpaired) electrons. The molecule has 0 bridgehead atoms. The molecule has 116 valence electrons. The van der Waals surface area contributed by atoms with Crippen LogP contribution in [0, 0.1) is 5.92 Å². The van der Waals surface area contributed by atoms with E-state index in [4.69, 9.17) is 0 Å². The van der Waals surface area contributed by atoms with Crippen molar-refractivity contribution in [3.63, 3.8) is 0 Å². The monoisotopic (exact) mass is 289 g/mol. The van der Waals surface area contributed by atoms with Crippen molar-refractivity contribution in [2.75, 3.05) is 18.4 Å². The van der Waals surface area contributed by atoms with Crippen LogP contribution in [-0.4, -0.2) is 25.0 Å². The van der Waals surface area contributed by atoms with Gasteiger partial charge in [-0.2, -0.15) is 0 Å². The van der Waals surface area contributed by atoms with Crippen LogP contribution in [0.2, 0.25) is 0 Å². The summed E-state index contributed by atoms with van der Waals surface area (Å²) in [5.41, 5.74) is 2.21. The van der Waals surface area contributed by atoms with Crippen molar-refractivity contribution in [1.29, 1.82) is 0 Å². The number of likely N-dealkylation sites (tertiary alicyclic amines) is 1. The molecule has 1 heterocycles. The van der Waals surface area contributed by atoms with Gasteiger partial charge in [-0.05, 0) is 49.3 Å². The van der Waals surface area contributed by atoms with Crippen molar-refractivity contribution in [1.82, 2.24) is 0 Å². The predicted molar refractivity (Wildman–Crippen MR) is 87.7 cm³/mol. The van der Waals surface area contributed by atoms with E-state index in [-0.39, 0.29) is 11.9 Å². The summed E-state index contributed by atoms with van der Waals surface area (Å²) in [4.78, 5) is 13.8. The van der Waals surface area contributed by atoms with E-state index < -0.39 is 0 Å². The molecule has 0 aliphatic carbocycles. The van der Waals surface area contributed by atoms with Gasteiger partial charge in [0, 0.05) is 5.69 Å². The Bertz CT molecular complexity index is 459. The third-order valence-corrected chi connectivity index (χ3v) is 4.77. The molecular formula is C18H29N2O+. The predicted octanol–water partition coefficient (Wildman–Crippen LogP) is 2.45. The highest BCUT2D eigenvalue weighted by atomic mass is 16.2. The molecule has 0 unspecified atom stereocenters. The lowest BCUT2D eigenvalue weighted by Crippen LogP contribution is -3.17. The van der Waals surface area contributed by atoms with Crippen molar-refractivity contribution in [3.8, 4) is 0 Å². The molecule has 0 saturated carbocycles. The first-order chi connectivity index (χ1) is 9.97. The fourth-order valence-electron chi connectivity index (χ4n) is 2.95. The lowest BCUT2D eigenvalue weighted by atomic mass is 9.98. The van der Waals surface area contributed by atoms with Crippen molar-refractivity contribution >= 4 is 11.6 Å². The van der Waals surface area contributed by atoms with Gasteiger partial charge in [-0.25, -0.2) is 0 Å². The second-order valence-electron chi connectivity index (χ2n) is 6.83. The number of hydrogen-bond donors (Lipinski definition) is 2.